The smallest absolute Gasteiger partial charge is 0.192 e. The van der Waals surface area contributed by atoms with Gasteiger partial charge in [-0.2, -0.15) is 5.26 Å². The fourth-order valence-electron chi connectivity index (χ4n) is 2.74. The van der Waals surface area contributed by atoms with E-state index < -0.39 is 6.29 Å². The molecule has 24 heavy (non-hydrogen) atoms. The molecule has 124 valence electrons. The molecule has 0 atom stereocenters. The van der Waals surface area contributed by atoms with Gasteiger partial charge in [0.1, 0.15) is 6.07 Å². The number of nitrogens with zero attached hydrogens (tertiary/aromatic N) is 2. The molecule has 2 aromatic rings. The Bertz CT molecular complexity index is 843. The van der Waals surface area contributed by atoms with Crippen LogP contribution in [0.3, 0.4) is 0 Å². The van der Waals surface area contributed by atoms with Gasteiger partial charge in [0.2, 0.25) is 0 Å². The predicted octanol–water partition coefficient (Wildman–Crippen LogP) is 5.37. The van der Waals surface area contributed by atoms with Crippen LogP contribution in [0.1, 0.15) is 35.7 Å². The lowest BCUT2D eigenvalue weighted by molar-refractivity contribution is -0.382. The van der Waals surface area contributed by atoms with Gasteiger partial charge in [0.05, 0.1) is 22.8 Å². The van der Waals surface area contributed by atoms with Crippen molar-refractivity contribution in [1.29, 1.82) is 5.26 Å². The molecule has 2 heterocycles. The lowest BCUT2D eigenvalue weighted by Gasteiger charge is -2.36. The summed E-state index contributed by atoms with van der Waals surface area (Å²) in [5.74, 6) is 0.164. The van der Waals surface area contributed by atoms with E-state index in [1.54, 1.807) is 32.0 Å². The molecule has 0 unspecified atom stereocenters. The van der Waals surface area contributed by atoms with E-state index >= 15 is 0 Å². The third-order valence-corrected chi connectivity index (χ3v) is 4.60. The van der Waals surface area contributed by atoms with Crippen LogP contribution < -0.4 is 0 Å². The number of hydrogen-bond donors (Lipinski definition) is 0. The maximum absolute atomic E-state index is 9.64. The number of ether oxygens (including phenoxy) is 2. The average molecular weight is 384 g/mol. The van der Waals surface area contributed by atoms with Gasteiger partial charge >= 0.3 is 0 Å². The molecule has 1 saturated heterocycles. The van der Waals surface area contributed by atoms with E-state index in [1.807, 2.05) is 0 Å². The Hall–Kier alpha value is -1.35. The molecule has 0 bridgehead atoms. The highest BCUT2D eigenvalue weighted by molar-refractivity contribution is 6.36. The summed E-state index contributed by atoms with van der Waals surface area (Å²) in [5.41, 5.74) is 3.51. The van der Waals surface area contributed by atoms with E-state index in [9.17, 15) is 5.26 Å². The van der Waals surface area contributed by atoms with Gasteiger partial charge in [0, 0.05) is 26.7 Å². The molecule has 1 aromatic heterocycles. The molecule has 0 aliphatic carbocycles. The number of rotatable bonds is 3. The topological polar surface area (TPSA) is 55.1 Å². The van der Waals surface area contributed by atoms with Crippen molar-refractivity contribution in [2.75, 3.05) is 0 Å². The van der Waals surface area contributed by atoms with Crippen molar-refractivity contribution in [3.8, 4) is 17.2 Å². The summed E-state index contributed by atoms with van der Waals surface area (Å²) in [5, 5.41) is 10.6. The zero-order chi connectivity index (χ0) is 17.4. The normalized spacial score (nSPS) is 19.7. The standard InChI is InChI=1S/C17H13Cl3N2O2/c1-8-12(7-21)15(11-4-3-10(19)5-13(11)20)16(14(6-18)22-8)17-23-9(2)24-17/h3-5,9,17H,6H2,1-2H3. The summed E-state index contributed by atoms with van der Waals surface area (Å²) >= 11 is 18.4. The number of aryl methyl sites for hydroxylation is 1. The summed E-state index contributed by atoms with van der Waals surface area (Å²) in [6, 6.07) is 7.32. The Kier molecular flexibility index (Phi) is 5.00. The summed E-state index contributed by atoms with van der Waals surface area (Å²) in [6.07, 6.45) is -0.950. The van der Waals surface area contributed by atoms with Crippen molar-refractivity contribution < 1.29 is 9.47 Å². The maximum atomic E-state index is 9.64. The van der Waals surface area contributed by atoms with Crippen molar-refractivity contribution in [2.45, 2.75) is 32.3 Å². The number of nitriles is 1. The number of benzene rings is 1. The largest absolute Gasteiger partial charge is 0.319 e. The first kappa shape index (κ1) is 17.5. The minimum Gasteiger partial charge on any atom is -0.319 e. The van der Waals surface area contributed by atoms with Crippen LogP contribution in [0.2, 0.25) is 10.0 Å². The van der Waals surface area contributed by atoms with Crippen molar-refractivity contribution in [3.05, 3.63) is 50.8 Å². The molecule has 0 amide bonds. The number of aromatic nitrogens is 1. The molecular formula is C17H13Cl3N2O2. The van der Waals surface area contributed by atoms with E-state index in [0.29, 0.717) is 43.7 Å². The Balaban J connectivity index is 2.32. The van der Waals surface area contributed by atoms with Gasteiger partial charge in [0.15, 0.2) is 12.6 Å². The summed E-state index contributed by atoms with van der Waals surface area (Å²) in [6.45, 7) is 3.55. The fourth-order valence-corrected chi connectivity index (χ4v) is 3.44. The monoisotopic (exact) mass is 382 g/mol. The third-order valence-electron chi connectivity index (χ3n) is 3.80. The van der Waals surface area contributed by atoms with Gasteiger partial charge in [0.25, 0.3) is 0 Å². The number of pyridine rings is 1. The number of hydrogen-bond acceptors (Lipinski definition) is 4. The highest BCUT2D eigenvalue weighted by Crippen LogP contribution is 2.44. The molecular weight excluding hydrogens is 371 g/mol. The van der Waals surface area contributed by atoms with E-state index in [0.717, 1.165) is 0 Å². The molecule has 1 fully saturated rings. The van der Waals surface area contributed by atoms with Gasteiger partial charge in [-0.15, -0.1) is 11.6 Å². The molecule has 1 aliphatic heterocycles. The van der Waals surface area contributed by atoms with Crippen molar-refractivity contribution in [1.82, 2.24) is 4.98 Å². The van der Waals surface area contributed by atoms with Crippen LogP contribution in [0.4, 0.5) is 0 Å². The number of halogens is 3. The first-order valence-electron chi connectivity index (χ1n) is 7.22. The van der Waals surface area contributed by atoms with Gasteiger partial charge in [-0.25, -0.2) is 0 Å². The summed E-state index contributed by atoms with van der Waals surface area (Å²) < 4.78 is 11.3. The fraction of sp³-hybridized carbons (Fsp3) is 0.294. The van der Waals surface area contributed by atoms with E-state index in [1.165, 1.54) is 0 Å². The van der Waals surface area contributed by atoms with Crippen LogP contribution in [-0.2, 0) is 15.4 Å². The van der Waals surface area contributed by atoms with Crippen LogP contribution in [-0.4, -0.2) is 11.3 Å². The highest BCUT2D eigenvalue weighted by atomic mass is 35.5. The van der Waals surface area contributed by atoms with Crippen molar-refractivity contribution in [2.24, 2.45) is 0 Å². The Labute approximate surface area is 154 Å². The maximum Gasteiger partial charge on any atom is 0.192 e. The Morgan fingerprint density at radius 2 is 2.00 bits per heavy atom. The van der Waals surface area contributed by atoms with Gasteiger partial charge in [-0.3, -0.25) is 4.98 Å². The molecule has 1 aliphatic rings. The predicted molar refractivity (Wildman–Crippen MR) is 93.1 cm³/mol. The lowest BCUT2D eigenvalue weighted by atomic mass is 9.92. The van der Waals surface area contributed by atoms with Gasteiger partial charge in [-0.05, 0) is 26.0 Å². The molecule has 4 nitrogen and oxygen atoms in total. The van der Waals surface area contributed by atoms with Crippen LogP contribution in [0.15, 0.2) is 18.2 Å². The minimum absolute atomic E-state index is 0.164. The SMILES string of the molecule is Cc1nc(CCl)c(C2OC(C)O2)c(-c2ccc(Cl)cc2Cl)c1C#N. The first-order chi connectivity index (χ1) is 11.5. The minimum atomic E-state index is -0.629. The summed E-state index contributed by atoms with van der Waals surface area (Å²) in [7, 11) is 0. The molecule has 0 saturated carbocycles. The second-order valence-electron chi connectivity index (χ2n) is 5.35. The molecule has 0 spiro atoms. The summed E-state index contributed by atoms with van der Waals surface area (Å²) in [4.78, 5) is 4.44. The van der Waals surface area contributed by atoms with Crippen LogP contribution in [0, 0.1) is 18.3 Å². The van der Waals surface area contributed by atoms with E-state index in [2.05, 4.69) is 11.1 Å². The number of alkyl halides is 1. The second-order valence-corrected chi connectivity index (χ2v) is 6.46. The average Bonchev–Trinajstić information content (AvgIpc) is 2.51. The molecule has 0 radical (unpaired) electrons. The van der Waals surface area contributed by atoms with Crippen LogP contribution in [0.25, 0.3) is 11.1 Å². The second kappa shape index (κ2) is 6.87. The third kappa shape index (κ3) is 2.99. The Morgan fingerprint density at radius 1 is 1.29 bits per heavy atom. The van der Waals surface area contributed by atoms with Crippen molar-refractivity contribution >= 4 is 34.8 Å². The zero-order valence-electron chi connectivity index (χ0n) is 12.9. The highest BCUT2D eigenvalue weighted by Gasteiger charge is 2.35. The van der Waals surface area contributed by atoms with Crippen LogP contribution >= 0.6 is 34.8 Å². The van der Waals surface area contributed by atoms with Crippen LogP contribution in [0.5, 0.6) is 0 Å². The quantitative estimate of drug-likeness (QED) is 0.669. The molecule has 7 heteroatoms. The van der Waals surface area contributed by atoms with E-state index in [4.69, 9.17) is 44.3 Å². The van der Waals surface area contributed by atoms with E-state index in [-0.39, 0.29) is 12.2 Å². The van der Waals surface area contributed by atoms with Gasteiger partial charge in [-0.1, -0.05) is 29.3 Å². The zero-order valence-corrected chi connectivity index (χ0v) is 15.2. The lowest BCUT2D eigenvalue weighted by Crippen LogP contribution is -2.33. The first-order valence-corrected chi connectivity index (χ1v) is 8.51. The molecule has 3 rings (SSSR count). The van der Waals surface area contributed by atoms with Gasteiger partial charge < -0.3 is 9.47 Å². The molecule has 0 N–H and O–H groups in total. The molecule has 1 aromatic carbocycles. The Morgan fingerprint density at radius 3 is 2.54 bits per heavy atom. The van der Waals surface area contributed by atoms with Crippen molar-refractivity contribution in [3.63, 3.8) is 0 Å².